The van der Waals surface area contributed by atoms with Crippen molar-refractivity contribution in [2.24, 2.45) is 0 Å². The van der Waals surface area contributed by atoms with Crippen molar-refractivity contribution in [3.8, 4) is 11.8 Å². The lowest BCUT2D eigenvalue weighted by molar-refractivity contribution is 0.577. The molecule has 0 aliphatic heterocycles. The first kappa shape index (κ1) is 20.6. The van der Waals surface area contributed by atoms with E-state index in [-0.39, 0.29) is 17.3 Å². The molecule has 1 aromatic heterocycles. The van der Waals surface area contributed by atoms with Crippen LogP contribution in [-0.2, 0) is 16.4 Å². The van der Waals surface area contributed by atoms with Crippen LogP contribution < -0.4 is 10.5 Å². The summed E-state index contributed by atoms with van der Waals surface area (Å²) in [5.74, 6) is 0.282. The van der Waals surface area contributed by atoms with Gasteiger partial charge in [0.2, 0.25) is 10.0 Å². The first-order valence-electron chi connectivity index (χ1n) is 9.23. The number of aromatic nitrogens is 2. The number of sulfonamides is 1. The Kier molecular flexibility index (Phi) is 6.01. The Morgan fingerprint density at radius 2 is 1.90 bits per heavy atom. The van der Waals surface area contributed by atoms with Crippen molar-refractivity contribution in [2.75, 3.05) is 12.3 Å². The van der Waals surface area contributed by atoms with Gasteiger partial charge in [0.05, 0.1) is 16.3 Å². The quantitative estimate of drug-likeness (QED) is 0.583. The highest BCUT2D eigenvalue weighted by Gasteiger charge is 2.18. The number of nitrogen functional groups attached to an aromatic ring is 1. The maximum absolute atomic E-state index is 12.6. The molecule has 2 aromatic carbocycles. The molecule has 29 heavy (non-hydrogen) atoms. The molecule has 0 bridgehead atoms. The minimum Gasteiger partial charge on any atom is -0.382 e. The molecule has 7 nitrogen and oxygen atoms in total. The fourth-order valence-corrected chi connectivity index (χ4v) is 4.48. The van der Waals surface area contributed by atoms with Gasteiger partial charge in [-0.25, -0.2) is 17.8 Å². The molecular weight excluding hydrogens is 386 g/mol. The van der Waals surface area contributed by atoms with Crippen molar-refractivity contribution in [1.82, 2.24) is 14.5 Å². The van der Waals surface area contributed by atoms with E-state index in [1.54, 1.807) is 19.1 Å². The third-order valence-corrected chi connectivity index (χ3v) is 6.22. The van der Waals surface area contributed by atoms with Crippen LogP contribution in [-0.4, -0.2) is 24.7 Å². The molecule has 0 aliphatic carbocycles. The molecule has 0 atom stereocenters. The summed E-state index contributed by atoms with van der Waals surface area (Å²) in [5.41, 5.74) is 9.33. The largest absolute Gasteiger partial charge is 0.382 e. The molecule has 0 saturated heterocycles. The first-order chi connectivity index (χ1) is 13.8. The number of aryl methyl sites for hydroxylation is 3. The number of nitrogens with two attached hydrogens (primary N) is 1. The van der Waals surface area contributed by atoms with E-state index in [0.29, 0.717) is 29.7 Å². The van der Waals surface area contributed by atoms with Crippen LogP contribution in [0.15, 0.2) is 53.4 Å². The van der Waals surface area contributed by atoms with E-state index in [4.69, 9.17) is 5.73 Å². The molecule has 8 heteroatoms. The Bertz CT molecular complexity index is 1160. The molecular formula is C21H23N5O2S. The van der Waals surface area contributed by atoms with Crippen LogP contribution >= 0.6 is 0 Å². The van der Waals surface area contributed by atoms with Gasteiger partial charge in [-0.15, -0.1) is 0 Å². The van der Waals surface area contributed by atoms with Crippen LogP contribution in [0.2, 0.25) is 0 Å². The van der Waals surface area contributed by atoms with Gasteiger partial charge < -0.3 is 5.73 Å². The van der Waals surface area contributed by atoms with Crippen LogP contribution in [0.25, 0.3) is 5.69 Å². The van der Waals surface area contributed by atoms with E-state index in [1.807, 2.05) is 43.3 Å². The average Bonchev–Trinajstić information content (AvgIpc) is 3.03. The zero-order valence-electron chi connectivity index (χ0n) is 16.4. The zero-order valence-corrected chi connectivity index (χ0v) is 17.2. The molecule has 0 saturated carbocycles. The molecule has 0 unspecified atom stereocenters. The Morgan fingerprint density at radius 3 is 2.59 bits per heavy atom. The number of para-hydroxylation sites is 1. The van der Waals surface area contributed by atoms with Crippen molar-refractivity contribution in [2.45, 2.75) is 31.6 Å². The lowest BCUT2D eigenvalue weighted by Gasteiger charge is -2.10. The molecule has 0 aliphatic rings. The fraction of sp³-hybridized carbons (Fsp3) is 0.238. The predicted octanol–water partition coefficient (Wildman–Crippen LogP) is 2.85. The fourth-order valence-electron chi connectivity index (χ4n) is 3.08. The number of nitrogens with zero attached hydrogens (tertiary/aromatic N) is 3. The van der Waals surface area contributed by atoms with Crippen LogP contribution in [0.1, 0.15) is 28.8 Å². The van der Waals surface area contributed by atoms with E-state index in [1.165, 1.54) is 4.68 Å². The predicted molar refractivity (Wildman–Crippen MR) is 112 cm³/mol. The summed E-state index contributed by atoms with van der Waals surface area (Å²) in [5, 5.41) is 13.9. The van der Waals surface area contributed by atoms with Crippen LogP contribution in [0.4, 0.5) is 5.82 Å². The molecule has 3 rings (SSSR count). The molecule has 150 valence electrons. The van der Waals surface area contributed by atoms with E-state index < -0.39 is 10.0 Å². The minimum atomic E-state index is -3.59. The third kappa shape index (κ3) is 4.47. The zero-order chi connectivity index (χ0) is 21.0. The van der Waals surface area contributed by atoms with E-state index >= 15 is 0 Å². The van der Waals surface area contributed by atoms with Crippen molar-refractivity contribution in [1.29, 1.82) is 5.26 Å². The topological polar surface area (TPSA) is 114 Å². The van der Waals surface area contributed by atoms with Gasteiger partial charge in [-0.05, 0) is 56.0 Å². The van der Waals surface area contributed by atoms with Crippen molar-refractivity contribution >= 4 is 15.8 Å². The normalized spacial score (nSPS) is 11.3. The van der Waals surface area contributed by atoms with Gasteiger partial charge in [0.15, 0.2) is 0 Å². The second-order valence-electron chi connectivity index (χ2n) is 6.84. The standard InChI is InChI=1S/C21H23N5O2S/c1-15-10-11-16(2)20(13-15)29(27,28)24-12-6-9-19-18(14-22)21(23)26(25-19)17-7-4-3-5-8-17/h3-5,7-8,10-11,13,24H,6,9,12,23H2,1-2H3. The highest BCUT2D eigenvalue weighted by molar-refractivity contribution is 7.89. The highest BCUT2D eigenvalue weighted by atomic mass is 32.2. The minimum absolute atomic E-state index is 0.235. The van der Waals surface area contributed by atoms with Crippen molar-refractivity contribution < 1.29 is 8.42 Å². The summed E-state index contributed by atoms with van der Waals surface area (Å²) in [4.78, 5) is 0.285. The lowest BCUT2D eigenvalue weighted by atomic mass is 10.1. The Labute approximate surface area is 170 Å². The Hall–Kier alpha value is -3.15. The number of nitriles is 1. The van der Waals surface area contributed by atoms with Crippen LogP contribution in [0.5, 0.6) is 0 Å². The second kappa shape index (κ2) is 8.47. The maximum atomic E-state index is 12.6. The number of hydrogen-bond donors (Lipinski definition) is 2. The van der Waals surface area contributed by atoms with Crippen LogP contribution in [0, 0.1) is 25.2 Å². The van der Waals surface area contributed by atoms with E-state index in [9.17, 15) is 13.7 Å². The number of hydrogen-bond acceptors (Lipinski definition) is 5. The third-order valence-electron chi connectivity index (χ3n) is 4.62. The number of rotatable bonds is 7. The van der Waals surface area contributed by atoms with Gasteiger partial charge in [-0.1, -0.05) is 30.3 Å². The number of benzene rings is 2. The summed E-state index contributed by atoms with van der Waals surface area (Å²) >= 11 is 0. The molecule has 3 aromatic rings. The average molecular weight is 410 g/mol. The summed E-state index contributed by atoms with van der Waals surface area (Å²) in [6.45, 7) is 3.86. The lowest BCUT2D eigenvalue weighted by Crippen LogP contribution is -2.26. The van der Waals surface area contributed by atoms with Crippen LogP contribution in [0.3, 0.4) is 0 Å². The van der Waals surface area contributed by atoms with Gasteiger partial charge in [-0.3, -0.25) is 0 Å². The highest BCUT2D eigenvalue weighted by Crippen LogP contribution is 2.21. The molecule has 0 spiro atoms. The van der Waals surface area contributed by atoms with E-state index in [0.717, 1.165) is 11.3 Å². The Balaban J connectivity index is 1.70. The van der Waals surface area contributed by atoms with Gasteiger partial charge in [0.25, 0.3) is 0 Å². The van der Waals surface area contributed by atoms with Crippen molar-refractivity contribution in [3.05, 3.63) is 70.9 Å². The molecule has 0 amide bonds. The maximum Gasteiger partial charge on any atom is 0.240 e. The number of anilines is 1. The van der Waals surface area contributed by atoms with Gasteiger partial charge in [-0.2, -0.15) is 10.4 Å². The van der Waals surface area contributed by atoms with Gasteiger partial charge in [0.1, 0.15) is 17.5 Å². The summed E-state index contributed by atoms with van der Waals surface area (Å²) in [6, 6.07) is 16.8. The van der Waals surface area contributed by atoms with Crippen molar-refractivity contribution in [3.63, 3.8) is 0 Å². The Morgan fingerprint density at radius 1 is 1.17 bits per heavy atom. The summed E-state index contributed by atoms with van der Waals surface area (Å²) in [7, 11) is -3.59. The molecule has 0 radical (unpaired) electrons. The van der Waals surface area contributed by atoms with Gasteiger partial charge in [0, 0.05) is 6.54 Å². The number of nitrogens with one attached hydrogen (secondary N) is 1. The smallest absolute Gasteiger partial charge is 0.240 e. The first-order valence-corrected chi connectivity index (χ1v) is 10.7. The molecule has 1 heterocycles. The summed E-state index contributed by atoms with van der Waals surface area (Å²) in [6.07, 6.45) is 0.923. The molecule has 3 N–H and O–H groups in total. The second-order valence-corrected chi connectivity index (χ2v) is 8.57. The SMILES string of the molecule is Cc1ccc(C)c(S(=O)(=O)NCCCc2nn(-c3ccccc3)c(N)c2C#N)c1. The van der Waals surface area contributed by atoms with E-state index in [2.05, 4.69) is 15.9 Å². The summed E-state index contributed by atoms with van der Waals surface area (Å²) < 4.78 is 29.3. The monoisotopic (exact) mass is 409 g/mol. The van der Waals surface area contributed by atoms with Gasteiger partial charge >= 0.3 is 0 Å². The molecule has 0 fully saturated rings.